The highest BCUT2D eigenvalue weighted by Gasteiger charge is 2.31. The van der Waals surface area contributed by atoms with Gasteiger partial charge in [0.25, 0.3) is 0 Å². The minimum atomic E-state index is -0.0758. The van der Waals surface area contributed by atoms with E-state index in [1.165, 1.54) is 11.8 Å². The summed E-state index contributed by atoms with van der Waals surface area (Å²) in [5.41, 5.74) is 0. The topological polar surface area (TPSA) is 52.1 Å². The lowest BCUT2D eigenvalue weighted by Crippen LogP contribution is -2.05. The first kappa shape index (κ1) is 11.0. The highest BCUT2D eigenvalue weighted by atomic mass is 32.2. The van der Waals surface area contributed by atoms with E-state index in [2.05, 4.69) is 9.97 Å². The van der Waals surface area contributed by atoms with E-state index in [0.29, 0.717) is 5.94 Å². The third kappa shape index (κ3) is 2.42. The van der Waals surface area contributed by atoms with Crippen LogP contribution in [0.5, 0.6) is 0 Å². The molecule has 0 saturated heterocycles. The summed E-state index contributed by atoms with van der Waals surface area (Å²) in [5, 5.41) is 3.89. The standard InChI is InChI=1S/C11H10N2O2S2/c14-11(7-1-2-7)15-6-17-10-8-3-4-16-9(8)12-5-13-10/h3-5,7H,1-2,6H2. The molecule has 0 spiro atoms. The second-order valence-electron chi connectivity index (χ2n) is 3.82. The van der Waals surface area contributed by atoms with Gasteiger partial charge in [0.1, 0.15) is 22.1 Å². The molecule has 0 N–H and O–H groups in total. The Morgan fingerprint density at radius 1 is 1.53 bits per heavy atom. The Kier molecular flexibility index (Phi) is 2.98. The number of nitrogens with zero attached hydrogens (tertiary/aromatic N) is 2. The summed E-state index contributed by atoms with van der Waals surface area (Å²) < 4.78 is 5.16. The Hall–Kier alpha value is -1.14. The zero-order chi connectivity index (χ0) is 11.7. The van der Waals surface area contributed by atoms with Crippen molar-refractivity contribution in [2.24, 2.45) is 5.92 Å². The maximum absolute atomic E-state index is 11.3. The van der Waals surface area contributed by atoms with Crippen molar-refractivity contribution < 1.29 is 9.53 Å². The average Bonchev–Trinajstić information content (AvgIpc) is 3.07. The predicted octanol–water partition coefficient (Wildman–Crippen LogP) is 2.69. The van der Waals surface area contributed by atoms with Crippen molar-refractivity contribution in [3.63, 3.8) is 0 Å². The number of hydrogen-bond donors (Lipinski definition) is 0. The molecule has 2 aromatic heterocycles. The normalized spacial score (nSPS) is 15.1. The van der Waals surface area contributed by atoms with E-state index in [9.17, 15) is 4.79 Å². The summed E-state index contributed by atoms with van der Waals surface area (Å²) in [7, 11) is 0. The van der Waals surface area contributed by atoms with E-state index < -0.39 is 0 Å². The first-order valence-corrected chi connectivity index (χ1v) is 7.19. The van der Waals surface area contributed by atoms with Gasteiger partial charge in [0.2, 0.25) is 0 Å². The lowest BCUT2D eigenvalue weighted by molar-refractivity contribution is -0.142. The molecule has 2 heterocycles. The summed E-state index contributed by atoms with van der Waals surface area (Å²) in [6.45, 7) is 0. The van der Waals surface area contributed by atoms with Crippen LogP contribution >= 0.6 is 23.1 Å². The maximum Gasteiger partial charge on any atom is 0.309 e. The number of thioether (sulfide) groups is 1. The minimum absolute atomic E-state index is 0.0758. The van der Waals surface area contributed by atoms with E-state index in [0.717, 1.165) is 28.1 Å². The molecule has 0 unspecified atom stereocenters. The number of carbonyl (C=O) groups is 1. The molecular formula is C11H10N2O2S2. The summed E-state index contributed by atoms with van der Waals surface area (Å²) >= 11 is 3.02. The number of hydrogen-bond acceptors (Lipinski definition) is 6. The number of rotatable bonds is 4. The van der Waals surface area contributed by atoms with Crippen LogP contribution in [0.25, 0.3) is 10.2 Å². The molecule has 88 valence electrons. The number of carbonyl (C=O) groups excluding carboxylic acids is 1. The lowest BCUT2D eigenvalue weighted by atomic mass is 10.4. The van der Waals surface area contributed by atoms with Gasteiger partial charge in [-0.1, -0.05) is 11.8 Å². The van der Waals surface area contributed by atoms with Crippen molar-refractivity contribution in [3.05, 3.63) is 17.8 Å². The van der Waals surface area contributed by atoms with Gasteiger partial charge in [-0.25, -0.2) is 9.97 Å². The van der Waals surface area contributed by atoms with E-state index in [1.807, 2.05) is 11.4 Å². The monoisotopic (exact) mass is 266 g/mol. The SMILES string of the molecule is O=C(OCSc1ncnc2sccc12)C1CC1. The van der Waals surface area contributed by atoms with E-state index in [-0.39, 0.29) is 11.9 Å². The van der Waals surface area contributed by atoms with Crippen LogP contribution in [0.4, 0.5) is 0 Å². The van der Waals surface area contributed by atoms with Crippen LogP contribution in [0.2, 0.25) is 0 Å². The summed E-state index contributed by atoms with van der Waals surface area (Å²) in [6, 6.07) is 1.99. The van der Waals surface area contributed by atoms with Gasteiger partial charge in [-0.05, 0) is 24.3 Å². The first-order valence-electron chi connectivity index (χ1n) is 5.32. The Balaban J connectivity index is 1.64. The fourth-order valence-corrected chi connectivity index (χ4v) is 2.99. The molecule has 6 heteroatoms. The summed E-state index contributed by atoms with van der Waals surface area (Å²) in [6.07, 6.45) is 3.50. The molecule has 1 aliphatic rings. The highest BCUT2D eigenvalue weighted by Crippen LogP contribution is 2.31. The van der Waals surface area contributed by atoms with Crippen LogP contribution in [0.1, 0.15) is 12.8 Å². The number of ether oxygens (including phenoxy) is 1. The molecule has 4 nitrogen and oxygen atoms in total. The second kappa shape index (κ2) is 4.62. The van der Waals surface area contributed by atoms with Crippen LogP contribution in [0, 0.1) is 5.92 Å². The molecule has 0 bridgehead atoms. The second-order valence-corrected chi connectivity index (χ2v) is 5.62. The molecule has 17 heavy (non-hydrogen) atoms. The molecule has 0 amide bonds. The molecule has 0 aromatic carbocycles. The third-order valence-electron chi connectivity index (χ3n) is 2.53. The zero-order valence-electron chi connectivity index (χ0n) is 8.96. The number of esters is 1. The largest absolute Gasteiger partial charge is 0.454 e. The number of thiophene rings is 1. The first-order chi connectivity index (χ1) is 8.34. The lowest BCUT2D eigenvalue weighted by Gasteiger charge is -2.03. The van der Waals surface area contributed by atoms with E-state index >= 15 is 0 Å². The van der Waals surface area contributed by atoms with E-state index in [4.69, 9.17) is 4.74 Å². The van der Waals surface area contributed by atoms with Crippen molar-refractivity contribution in [1.29, 1.82) is 0 Å². The fourth-order valence-electron chi connectivity index (χ4n) is 1.46. The number of aromatic nitrogens is 2. The molecule has 0 atom stereocenters. The van der Waals surface area contributed by atoms with Crippen molar-refractivity contribution in [2.75, 3.05) is 5.94 Å². The Bertz CT molecular complexity index is 551. The Morgan fingerprint density at radius 2 is 2.41 bits per heavy atom. The molecule has 2 aromatic rings. The number of fused-ring (bicyclic) bond motifs is 1. The average molecular weight is 266 g/mol. The van der Waals surface area contributed by atoms with E-state index in [1.54, 1.807) is 17.7 Å². The van der Waals surface area contributed by atoms with Gasteiger partial charge in [0.05, 0.1) is 5.92 Å². The van der Waals surface area contributed by atoms with Gasteiger partial charge in [0.15, 0.2) is 0 Å². The van der Waals surface area contributed by atoms with Crippen molar-refractivity contribution in [3.8, 4) is 0 Å². The summed E-state index contributed by atoms with van der Waals surface area (Å²) in [4.78, 5) is 20.7. The van der Waals surface area contributed by atoms with Gasteiger partial charge < -0.3 is 4.74 Å². The molecule has 1 fully saturated rings. The quantitative estimate of drug-likeness (QED) is 0.368. The zero-order valence-corrected chi connectivity index (χ0v) is 10.6. The fraction of sp³-hybridized carbons (Fsp3) is 0.364. The third-order valence-corrected chi connectivity index (χ3v) is 4.19. The molecule has 0 aliphatic heterocycles. The van der Waals surface area contributed by atoms with Crippen LogP contribution in [-0.2, 0) is 9.53 Å². The molecule has 1 aliphatic carbocycles. The molecular weight excluding hydrogens is 256 g/mol. The van der Waals surface area contributed by atoms with Gasteiger partial charge in [-0.15, -0.1) is 11.3 Å². The Labute approximate surface area is 106 Å². The summed E-state index contributed by atoms with van der Waals surface area (Å²) in [5.74, 6) is 0.410. The molecule has 3 rings (SSSR count). The van der Waals surface area contributed by atoms with Gasteiger partial charge in [-0.3, -0.25) is 4.79 Å². The molecule has 0 radical (unpaired) electrons. The minimum Gasteiger partial charge on any atom is -0.454 e. The van der Waals surface area contributed by atoms with Gasteiger partial charge in [0, 0.05) is 5.39 Å². The Morgan fingerprint density at radius 3 is 3.24 bits per heavy atom. The van der Waals surface area contributed by atoms with Crippen LogP contribution in [0.15, 0.2) is 22.8 Å². The van der Waals surface area contributed by atoms with Crippen molar-refractivity contribution >= 4 is 39.3 Å². The maximum atomic E-state index is 11.3. The molecule has 1 saturated carbocycles. The van der Waals surface area contributed by atoms with Crippen molar-refractivity contribution in [1.82, 2.24) is 9.97 Å². The predicted molar refractivity (Wildman–Crippen MR) is 67.0 cm³/mol. The van der Waals surface area contributed by atoms with Crippen LogP contribution < -0.4 is 0 Å². The highest BCUT2D eigenvalue weighted by molar-refractivity contribution is 7.99. The van der Waals surface area contributed by atoms with Crippen molar-refractivity contribution in [2.45, 2.75) is 17.9 Å². The smallest absolute Gasteiger partial charge is 0.309 e. The van der Waals surface area contributed by atoms with Gasteiger partial charge >= 0.3 is 5.97 Å². The van der Waals surface area contributed by atoms with Gasteiger partial charge in [-0.2, -0.15) is 0 Å². The van der Waals surface area contributed by atoms with Crippen LogP contribution in [0.3, 0.4) is 0 Å². The van der Waals surface area contributed by atoms with Crippen LogP contribution in [-0.4, -0.2) is 21.9 Å².